The predicted octanol–water partition coefficient (Wildman–Crippen LogP) is 2.07. The highest BCUT2D eigenvalue weighted by molar-refractivity contribution is 7.17. The molecule has 15 heavy (non-hydrogen) atoms. The van der Waals surface area contributed by atoms with Gasteiger partial charge >= 0.3 is 0 Å². The highest BCUT2D eigenvalue weighted by Crippen LogP contribution is 2.26. The van der Waals surface area contributed by atoms with Crippen molar-refractivity contribution in [2.24, 2.45) is 5.73 Å². The quantitative estimate of drug-likeness (QED) is 0.835. The largest absolute Gasteiger partial charge is 0.366 e. The number of nitrogens with zero attached hydrogens (tertiary/aromatic N) is 1. The maximum absolute atomic E-state index is 11.1. The van der Waals surface area contributed by atoms with Gasteiger partial charge in [-0.25, -0.2) is 0 Å². The minimum Gasteiger partial charge on any atom is -0.366 e. The van der Waals surface area contributed by atoms with Crippen molar-refractivity contribution in [1.82, 2.24) is 0 Å². The number of hydrogen-bond acceptors (Lipinski definition) is 3. The monoisotopic (exact) mass is 216 g/mol. The second-order valence-electron chi connectivity index (χ2n) is 3.18. The van der Waals surface area contributed by atoms with Crippen molar-refractivity contribution in [3.63, 3.8) is 0 Å². The number of primary amides is 1. The summed E-state index contributed by atoms with van der Waals surface area (Å²) in [5.74, 6) is -0.408. The van der Waals surface area contributed by atoms with Crippen LogP contribution in [0.3, 0.4) is 0 Å². The summed E-state index contributed by atoms with van der Waals surface area (Å²) >= 11 is 1.47. The molecule has 0 aliphatic rings. The van der Waals surface area contributed by atoms with Gasteiger partial charge in [0.05, 0.1) is 18.1 Å². The summed E-state index contributed by atoms with van der Waals surface area (Å²) in [4.78, 5) is 11.1. The predicted molar refractivity (Wildman–Crippen MR) is 59.7 cm³/mol. The van der Waals surface area contributed by atoms with Gasteiger partial charge in [0.15, 0.2) is 0 Å². The van der Waals surface area contributed by atoms with E-state index in [1.54, 1.807) is 5.38 Å². The van der Waals surface area contributed by atoms with Crippen LogP contribution in [0.2, 0.25) is 0 Å². The summed E-state index contributed by atoms with van der Waals surface area (Å²) in [6.07, 6.45) is 0.389. The zero-order chi connectivity index (χ0) is 10.8. The average Bonchev–Trinajstić information content (AvgIpc) is 2.61. The van der Waals surface area contributed by atoms with Crippen LogP contribution in [-0.4, -0.2) is 5.91 Å². The second-order valence-corrected chi connectivity index (χ2v) is 4.09. The summed E-state index contributed by atoms with van der Waals surface area (Å²) in [7, 11) is 0. The average molecular weight is 216 g/mol. The zero-order valence-electron chi connectivity index (χ0n) is 7.86. The fourth-order valence-electron chi connectivity index (χ4n) is 1.46. The molecule has 1 amide bonds. The number of hydrogen-bond donors (Lipinski definition) is 1. The third-order valence-electron chi connectivity index (χ3n) is 2.19. The van der Waals surface area contributed by atoms with Crippen LogP contribution >= 0.6 is 11.3 Å². The van der Waals surface area contributed by atoms with Gasteiger partial charge in [0, 0.05) is 15.5 Å². The molecule has 0 unspecified atom stereocenters. The minimum absolute atomic E-state index is 0.389. The Hall–Kier alpha value is -1.86. The van der Waals surface area contributed by atoms with E-state index in [0.717, 1.165) is 15.6 Å². The highest BCUT2D eigenvalue weighted by atomic mass is 32.1. The van der Waals surface area contributed by atoms with Crippen LogP contribution in [0.5, 0.6) is 0 Å². The Morgan fingerprint density at radius 1 is 1.53 bits per heavy atom. The molecule has 0 saturated heterocycles. The van der Waals surface area contributed by atoms with Gasteiger partial charge in [-0.1, -0.05) is 12.1 Å². The lowest BCUT2D eigenvalue weighted by molar-refractivity contribution is 0.100. The van der Waals surface area contributed by atoms with Crippen LogP contribution in [-0.2, 0) is 6.42 Å². The third kappa shape index (κ3) is 1.69. The van der Waals surface area contributed by atoms with E-state index in [0.29, 0.717) is 12.0 Å². The molecule has 0 aliphatic heterocycles. The molecule has 0 saturated carbocycles. The Morgan fingerprint density at radius 3 is 3.00 bits per heavy atom. The number of carbonyl (C=O) groups is 1. The van der Waals surface area contributed by atoms with Crippen molar-refractivity contribution in [3.8, 4) is 6.07 Å². The van der Waals surface area contributed by atoms with Crippen LogP contribution in [0, 0.1) is 11.3 Å². The van der Waals surface area contributed by atoms with Gasteiger partial charge in [-0.2, -0.15) is 5.26 Å². The molecule has 1 heterocycles. The summed E-state index contributed by atoms with van der Waals surface area (Å²) < 4.78 is 0.997. The molecule has 0 radical (unpaired) electrons. The number of fused-ring (bicyclic) bond motifs is 1. The third-order valence-corrected chi connectivity index (χ3v) is 3.13. The molecule has 2 aromatic rings. The van der Waals surface area contributed by atoms with Crippen LogP contribution < -0.4 is 5.73 Å². The molecule has 74 valence electrons. The van der Waals surface area contributed by atoms with E-state index in [1.165, 1.54) is 11.3 Å². The maximum Gasteiger partial charge on any atom is 0.250 e. The van der Waals surface area contributed by atoms with Gasteiger partial charge < -0.3 is 5.73 Å². The normalized spacial score (nSPS) is 10.1. The number of benzene rings is 1. The van der Waals surface area contributed by atoms with Crippen molar-refractivity contribution in [2.75, 3.05) is 0 Å². The Bertz CT molecular complexity index is 565. The molecule has 0 spiro atoms. The highest BCUT2D eigenvalue weighted by Gasteiger charge is 2.08. The van der Waals surface area contributed by atoms with E-state index in [4.69, 9.17) is 11.0 Å². The lowest BCUT2D eigenvalue weighted by atomic mass is 10.1. The van der Waals surface area contributed by atoms with E-state index in [2.05, 4.69) is 6.07 Å². The Kier molecular flexibility index (Phi) is 2.40. The summed E-state index contributed by atoms with van der Waals surface area (Å²) in [6, 6.07) is 7.72. The van der Waals surface area contributed by atoms with E-state index in [9.17, 15) is 4.79 Å². The van der Waals surface area contributed by atoms with Crippen molar-refractivity contribution in [3.05, 3.63) is 34.7 Å². The molecule has 1 aromatic carbocycles. The molecular formula is C11H8N2OS. The molecule has 4 heteroatoms. The molecule has 1 aromatic heterocycles. The molecular weight excluding hydrogens is 208 g/mol. The number of amides is 1. The van der Waals surface area contributed by atoms with Gasteiger partial charge in [-0.3, -0.25) is 4.79 Å². The summed E-state index contributed by atoms with van der Waals surface area (Å²) in [5, 5.41) is 11.2. The maximum atomic E-state index is 11.1. The molecule has 0 bridgehead atoms. The van der Waals surface area contributed by atoms with Gasteiger partial charge in [0.1, 0.15) is 0 Å². The summed E-state index contributed by atoms with van der Waals surface area (Å²) in [6.45, 7) is 0. The van der Waals surface area contributed by atoms with E-state index >= 15 is 0 Å². The van der Waals surface area contributed by atoms with Crippen LogP contribution in [0.15, 0.2) is 23.6 Å². The molecule has 0 aliphatic carbocycles. The van der Waals surface area contributed by atoms with Crippen LogP contribution in [0.1, 0.15) is 15.9 Å². The number of nitriles is 1. The SMILES string of the molecule is N#CCc1ccc2c(C(N)=O)csc2c1. The van der Waals surface area contributed by atoms with Gasteiger partial charge in [0.2, 0.25) is 5.91 Å². The van der Waals surface area contributed by atoms with Crippen LogP contribution in [0.4, 0.5) is 0 Å². The first-order valence-corrected chi connectivity index (χ1v) is 5.27. The Morgan fingerprint density at radius 2 is 2.33 bits per heavy atom. The lowest BCUT2D eigenvalue weighted by Gasteiger charge is -1.96. The first-order valence-electron chi connectivity index (χ1n) is 4.39. The molecule has 0 fully saturated rings. The summed E-state index contributed by atoms with van der Waals surface area (Å²) in [5.41, 5.74) is 6.75. The molecule has 2 N–H and O–H groups in total. The number of thiophene rings is 1. The Balaban J connectivity index is 2.57. The topological polar surface area (TPSA) is 66.9 Å². The van der Waals surface area contributed by atoms with E-state index in [-0.39, 0.29) is 0 Å². The lowest BCUT2D eigenvalue weighted by Crippen LogP contribution is -2.09. The molecule has 0 atom stereocenters. The van der Waals surface area contributed by atoms with Gasteiger partial charge in [-0.15, -0.1) is 11.3 Å². The van der Waals surface area contributed by atoms with Gasteiger partial charge in [-0.05, 0) is 11.6 Å². The number of carbonyl (C=O) groups excluding carboxylic acids is 1. The van der Waals surface area contributed by atoms with Gasteiger partial charge in [0.25, 0.3) is 0 Å². The second kappa shape index (κ2) is 3.71. The van der Waals surface area contributed by atoms with Crippen molar-refractivity contribution in [1.29, 1.82) is 5.26 Å². The van der Waals surface area contributed by atoms with E-state index < -0.39 is 5.91 Å². The smallest absolute Gasteiger partial charge is 0.250 e. The number of nitrogens with two attached hydrogens (primary N) is 1. The first-order chi connectivity index (χ1) is 7.22. The van der Waals surface area contributed by atoms with Crippen LogP contribution in [0.25, 0.3) is 10.1 Å². The van der Waals surface area contributed by atoms with Crippen molar-refractivity contribution in [2.45, 2.75) is 6.42 Å². The number of rotatable bonds is 2. The molecule has 3 nitrogen and oxygen atoms in total. The zero-order valence-corrected chi connectivity index (χ0v) is 8.67. The molecule has 2 rings (SSSR count). The fraction of sp³-hybridized carbons (Fsp3) is 0.0909. The van der Waals surface area contributed by atoms with E-state index in [1.807, 2.05) is 18.2 Å². The standard InChI is InChI=1S/C11H8N2OS/c12-4-3-7-1-2-8-9(11(13)14)6-15-10(8)5-7/h1-2,5-6H,3H2,(H2,13,14). The van der Waals surface area contributed by atoms with Crippen molar-refractivity contribution < 1.29 is 4.79 Å². The fourth-order valence-corrected chi connectivity index (χ4v) is 2.48. The first kappa shape index (κ1) is 9.69. The Labute approximate surface area is 90.7 Å². The van der Waals surface area contributed by atoms with Crippen molar-refractivity contribution >= 4 is 27.3 Å². The minimum atomic E-state index is -0.408.